The summed E-state index contributed by atoms with van der Waals surface area (Å²) in [6.07, 6.45) is 2.45. The smallest absolute Gasteiger partial charge is 0.321 e. The van der Waals surface area contributed by atoms with E-state index in [0.717, 1.165) is 12.8 Å². The number of rotatable bonds is 5. The van der Waals surface area contributed by atoms with Crippen molar-refractivity contribution >= 4 is 17.9 Å². The lowest BCUT2D eigenvalue weighted by molar-refractivity contribution is -0.151. The number of aliphatic carboxylic acids is 1. The van der Waals surface area contributed by atoms with Crippen LogP contribution in [0.2, 0.25) is 0 Å². The zero-order valence-electron chi connectivity index (χ0n) is 12.5. The second-order valence-corrected chi connectivity index (χ2v) is 6.37. The molecule has 0 bridgehead atoms. The van der Waals surface area contributed by atoms with Crippen molar-refractivity contribution in [1.29, 1.82) is 0 Å². The van der Waals surface area contributed by atoms with Crippen molar-refractivity contribution in [1.82, 2.24) is 15.5 Å². The molecule has 7 nitrogen and oxygen atoms in total. The first-order valence-electron chi connectivity index (χ1n) is 7.39. The summed E-state index contributed by atoms with van der Waals surface area (Å²) in [5.41, 5.74) is -0.795. The van der Waals surface area contributed by atoms with Gasteiger partial charge in [-0.3, -0.25) is 19.8 Å². The van der Waals surface area contributed by atoms with Crippen LogP contribution in [0.5, 0.6) is 0 Å². The highest BCUT2D eigenvalue weighted by atomic mass is 16.4. The van der Waals surface area contributed by atoms with Crippen molar-refractivity contribution in [2.24, 2.45) is 11.3 Å². The summed E-state index contributed by atoms with van der Waals surface area (Å²) in [7, 11) is 0. The third kappa shape index (κ3) is 3.72. The third-order valence-electron chi connectivity index (χ3n) is 4.44. The largest absolute Gasteiger partial charge is 0.481 e. The normalized spacial score (nSPS) is 25.9. The molecule has 2 fully saturated rings. The number of carboxylic acid groups (broad SMARTS) is 1. The first-order valence-corrected chi connectivity index (χ1v) is 7.39. The number of carboxylic acids is 1. The summed E-state index contributed by atoms with van der Waals surface area (Å²) >= 11 is 0. The van der Waals surface area contributed by atoms with Gasteiger partial charge in [0.2, 0.25) is 5.91 Å². The molecule has 0 aromatic carbocycles. The second-order valence-electron chi connectivity index (χ2n) is 6.37. The van der Waals surface area contributed by atoms with Gasteiger partial charge >= 0.3 is 12.0 Å². The van der Waals surface area contributed by atoms with Crippen molar-refractivity contribution in [3.05, 3.63) is 0 Å². The van der Waals surface area contributed by atoms with Crippen LogP contribution < -0.4 is 10.6 Å². The molecule has 1 unspecified atom stereocenters. The van der Waals surface area contributed by atoms with Crippen LogP contribution in [0.4, 0.5) is 4.79 Å². The summed E-state index contributed by atoms with van der Waals surface area (Å²) in [6, 6.07) is -0.264. The summed E-state index contributed by atoms with van der Waals surface area (Å²) in [5, 5.41) is 14.4. The van der Waals surface area contributed by atoms with Crippen LogP contribution in [0, 0.1) is 11.3 Å². The third-order valence-corrected chi connectivity index (χ3v) is 4.44. The maximum atomic E-state index is 11.8. The number of imide groups is 1. The average Bonchev–Trinajstić information content (AvgIpc) is 3.05. The Morgan fingerprint density at radius 1 is 1.33 bits per heavy atom. The molecule has 1 heterocycles. The van der Waals surface area contributed by atoms with Crippen LogP contribution in [-0.4, -0.2) is 53.6 Å². The fraction of sp³-hybridized carbons (Fsp3) is 0.786. The molecule has 0 radical (unpaired) electrons. The molecular formula is C14H23N3O4. The van der Waals surface area contributed by atoms with Crippen LogP contribution >= 0.6 is 0 Å². The number of nitrogens with one attached hydrogen (secondary N) is 2. The van der Waals surface area contributed by atoms with Crippen molar-refractivity contribution in [3.63, 3.8) is 0 Å². The number of hydrogen-bond donors (Lipinski definition) is 3. The molecule has 1 saturated carbocycles. The van der Waals surface area contributed by atoms with Gasteiger partial charge in [0, 0.05) is 12.6 Å². The van der Waals surface area contributed by atoms with E-state index >= 15 is 0 Å². The summed E-state index contributed by atoms with van der Waals surface area (Å²) in [6.45, 7) is 4.74. The van der Waals surface area contributed by atoms with Crippen molar-refractivity contribution in [3.8, 4) is 0 Å². The molecule has 0 aromatic rings. The van der Waals surface area contributed by atoms with Crippen molar-refractivity contribution in [2.75, 3.05) is 19.6 Å². The van der Waals surface area contributed by atoms with E-state index in [2.05, 4.69) is 10.6 Å². The lowest BCUT2D eigenvalue weighted by atomic mass is 9.76. The minimum Gasteiger partial charge on any atom is -0.481 e. The topological polar surface area (TPSA) is 98.7 Å². The minimum absolute atomic E-state index is 0.00114. The Hall–Kier alpha value is -1.63. The molecule has 0 aromatic heterocycles. The molecule has 3 amide bonds. The summed E-state index contributed by atoms with van der Waals surface area (Å²) in [5.74, 6) is -1.20. The van der Waals surface area contributed by atoms with Gasteiger partial charge in [0.25, 0.3) is 0 Å². The van der Waals surface area contributed by atoms with Gasteiger partial charge in [-0.1, -0.05) is 13.8 Å². The monoisotopic (exact) mass is 297 g/mol. The van der Waals surface area contributed by atoms with E-state index in [1.807, 2.05) is 13.8 Å². The molecule has 7 heteroatoms. The summed E-state index contributed by atoms with van der Waals surface area (Å²) in [4.78, 5) is 36.6. The first-order chi connectivity index (χ1) is 9.83. The van der Waals surface area contributed by atoms with Gasteiger partial charge in [-0.2, -0.15) is 0 Å². The maximum Gasteiger partial charge on any atom is 0.321 e. The fourth-order valence-corrected chi connectivity index (χ4v) is 2.76. The molecule has 118 valence electrons. The zero-order chi connectivity index (χ0) is 15.6. The molecule has 1 aliphatic carbocycles. The lowest BCUT2D eigenvalue weighted by Crippen LogP contribution is -2.46. The SMILES string of the molecule is CC(C)C1(C(=O)O)CCN(CC(=O)NC(=O)NC2CC2)C1. The Morgan fingerprint density at radius 3 is 2.48 bits per heavy atom. The van der Waals surface area contributed by atoms with E-state index < -0.39 is 23.3 Å². The second kappa shape index (κ2) is 6.01. The Kier molecular flexibility index (Phi) is 4.51. The van der Waals surface area contributed by atoms with E-state index in [4.69, 9.17) is 0 Å². The van der Waals surface area contributed by atoms with E-state index in [1.165, 1.54) is 0 Å². The van der Waals surface area contributed by atoms with E-state index in [-0.39, 0.29) is 18.5 Å². The minimum atomic E-state index is -0.813. The van der Waals surface area contributed by atoms with Gasteiger partial charge in [0.1, 0.15) is 0 Å². The molecule has 3 N–H and O–H groups in total. The molecular weight excluding hydrogens is 274 g/mol. The average molecular weight is 297 g/mol. The Labute approximate surface area is 124 Å². The van der Waals surface area contributed by atoms with Gasteiger partial charge in [-0.05, 0) is 31.7 Å². The molecule has 1 aliphatic heterocycles. The van der Waals surface area contributed by atoms with Crippen LogP contribution in [-0.2, 0) is 9.59 Å². The van der Waals surface area contributed by atoms with Gasteiger partial charge in [-0.15, -0.1) is 0 Å². The van der Waals surface area contributed by atoms with Gasteiger partial charge in [0.15, 0.2) is 0 Å². The Balaban J connectivity index is 1.82. The number of hydrogen-bond acceptors (Lipinski definition) is 4. The number of carbonyl (C=O) groups is 3. The molecule has 2 rings (SSSR count). The molecule has 0 spiro atoms. The standard InChI is InChI=1S/C14H23N3O4/c1-9(2)14(12(19)20)5-6-17(8-14)7-11(18)16-13(21)15-10-3-4-10/h9-10H,3-8H2,1-2H3,(H,19,20)(H2,15,16,18,21). The highest BCUT2D eigenvalue weighted by Gasteiger charge is 2.47. The van der Waals surface area contributed by atoms with Crippen molar-refractivity contribution in [2.45, 2.75) is 39.2 Å². The molecule has 2 aliphatic rings. The highest BCUT2D eigenvalue weighted by Crippen LogP contribution is 2.37. The quantitative estimate of drug-likeness (QED) is 0.682. The van der Waals surface area contributed by atoms with E-state index in [9.17, 15) is 19.5 Å². The number of urea groups is 1. The van der Waals surface area contributed by atoms with Gasteiger partial charge < -0.3 is 10.4 Å². The number of carbonyl (C=O) groups excluding carboxylic acids is 2. The van der Waals surface area contributed by atoms with E-state index in [0.29, 0.717) is 19.5 Å². The molecule has 1 saturated heterocycles. The zero-order valence-corrected chi connectivity index (χ0v) is 12.5. The predicted octanol–water partition coefficient (Wildman–Crippen LogP) is 0.407. The van der Waals surface area contributed by atoms with E-state index in [1.54, 1.807) is 4.90 Å². The summed E-state index contributed by atoms with van der Waals surface area (Å²) < 4.78 is 0. The number of nitrogens with zero attached hydrogens (tertiary/aromatic N) is 1. The van der Waals surface area contributed by atoms with Gasteiger partial charge in [0.05, 0.1) is 12.0 Å². The van der Waals surface area contributed by atoms with Crippen LogP contribution in [0.1, 0.15) is 33.1 Å². The Bertz CT molecular complexity index is 448. The highest BCUT2D eigenvalue weighted by molar-refractivity contribution is 5.95. The number of amides is 3. The lowest BCUT2D eigenvalue weighted by Gasteiger charge is -2.28. The van der Waals surface area contributed by atoms with Crippen LogP contribution in [0.3, 0.4) is 0 Å². The number of likely N-dealkylation sites (tertiary alicyclic amines) is 1. The first kappa shape index (κ1) is 15.8. The molecule has 21 heavy (non-hydrogen) atoms. The maximum absolute atomic E-state index is 11.8. The van der Waals surface area contributed by atoms with Crippen LogP contribution in [0.15, 0.2) is 0 Å². The fourth-order valence-electron chi connectivity index (χ4n) is 2.76. The molecule has 1 atom stereocenters. The Morgan fingerprint density at radius 2 is 2.00 bits per heavy atom. The van der Waals surface area contributed by atoms with Gasteiger partial charge in [-0.25, -0.2) is 4.79 Å². The van der Waals surface area contributed by atoms with Crippen molar-refractivity contribution < 1.29 is 19.5 Å². The predicted molar refractivity (Wildman–Crippen MR) is 75.7 cm³/mol. The van der Waals surface area contributed by atoms with Crippen LogP contribution in [0.25, 0.3) is 0 Å².